The van der Waals surface area contributed by atoms with E-state index in [1.165, 1.54) is 0 Å². The molecule has 1 rings (SSSR count). The van der Waals surface area contributed by atoms with Gasteiger partial charge in [-0.3, -0.25) is 4.79 Å². The van der Waals surface area contributed by atoms with E-state index in [1.807, 2.05) is 0 Å². The molecular weight excluding hydrogens is 197 g/mol. The lowest BCUT2D eigenvalue weighted by Gasteiger charge is -2.07. The lowest BCUT2D eigenvalue weighted by atomic mass is 10.1. The summed E-state index contributed by atoms with van der Waals surface area (Å²) < 4.78 is 37.7. The van der Waals surface area contributed by atoms with E-state index in [1.54, 1.807) is 0 Å². The number of aldehydes is 1. The van der Waals surface area contributed by atoms with Crippen LogP contribution in [0.2, 0.25) is 0 Å². The van der Waals surface area contributed by atoms with E-state index in [0.29, 0.717) is 0 Å². The van der Waals surface area contributed by atoms with Crippen molar-refractivity contribution in [3.63, 3.8) is 0 Å². The summed E-state index contributed by atoms with van der Waals surface area (Å²) in [5.41, 5.74) is 3.78. The molecule has 0 saturated heterocycles. The molecule has 0 radical (unpaired) electrons. The molecule has 6 heteroatoms. The Morgan fingerprint density at radius 1 is 1.57 bits per heavy atom. The fourth-order valence-corrected chi connectivity index (χ4v) is 1.04. The maximum absolute atomic E-state index is 13.0. The van der Waals surface area contributed by atoms with Gasteiger partial charge in [0.2, 0.25) is 5.95 Å². The molecule has 0 atom stereocenters. The number of nitrogens with two attached hydrogens (primary N) is 1. The standard InChI is InChI=1S/C8H7F3N2O/c9-7(10)5-1-4(3-14)13-8(11)6(5)2-12/h1,3,7H,2,12H2. The number of halogens is 3. The summed E-state index contributed by atoms with van der Waals surface area (Å²) >= 11 is 0. The lowest BCUT2D eigenvalue weighted by Crippen LogP contribution is -2.09. The molecule has 0 fully saturated rings. The molecule has 0 saturated carbocycles. The number of hydrogen-bond donors (Lipinski definition) is 1. The first-order valence-electron chi connectivity index (χ1n) is 3.72. The van der Waals surface area contributed by atoms with E-state index in [-0.39, 0.29) is 24.1 Å². The monoisotopic (exact) mass is 204 g/mol. The van der Waals surface area contributed by atoms with Gasteiger partial charge in [0.05, 0.1) is 0 Å². The minimum Gasteiger partial charge on any atom is -0.326 e. The fraction of sp³-hybridized carbons (Fsp3) is 0.250. The molecule has 0 spiro atoms. The van der Waals surface area contributed by atoms with Gasteiger partial charge in [-0.15, -0.1) is 0 Å². The third-order valence-electron chi connectivity index (χ3n) is 1.69. The highest BCUT2D eigenvalue weighted by molar-refractivity contribution is 5.72. The molecule has 3 nitrogen and oxygen atoms in total. The van der Waals surface area contributed by atoms with Crippen LogP contribution in [0.3, 0.4) is 0 Å². The number of alkyl halides is 2. The number of rotatable bonds is 3. The van der Waals surface area contributed by atoms with Gasteiger partial charge in [-0.1, -0.05) is 0 Å². The largest absolute Gasteiger partial charge is 0.326 e. The van der Waals surface area contributed by atoms with E-state index in [2.05, 4.69) is 4.98 Å². The minimum absolute atomic E-state index is 0.204. The highest BCUT2D eigenvalue weighted by Crippen LogP contribution is 2.24. The first-order valence-corrected chi connectivity index (χ1v) is 3.72. The SMILES string of the molecule is NCc1c(C(F)F)cc(C=O)nc1F. The smallest absolute Gasteiger partial charge is 0.264 e. The topological polar surface area (TPSA) is 56.0 Å². The first-order chi connectivity index (χ1) is 6.60. The van der Waals surface area contributed by atoms with Gasteiger partial charge < -0.3 is 5.73 Å². The number of nitrogens with zero attached hydrogens (tertiary/aromatic N) is 1. The van der Waals surface area contributed by atoms with Crippen molar-refractivity contribution in [2.24, 2.45) is 5.73 Å². The summed E-state index contributed by atoms with van der Waals surface area (Å²) in [6.45, 7) is -0.377. The van der Waals surface area contributed by atoms with Crippen LogP contribution < -0.4 is 5.73 Å². The molecule has 0 amide bonds. The van der Waals surface area contributed by atoms with Crippen LogP contribution in [0.4, 0.5) is 13.2 Å². The molecule has 0 aromatic carbocycles. The molecule has 0 bridgehead atoms. The summed E-state index contributed by atoms with van der Waals surface area (Å²) in [6.07, 6.45) is -2.67. The Morgan fingerprint density at radius 3 is 2.64 bits per heavy atom. The van der Waals surface area contributed by atoms with Gasteiger partial charge in [0, 0.05) is 17.7 Å². The predicted octanol–water partition coefficient (Wildman–Crippen LogP) is 1.43. The van der Waals surface area contributed by atoms with Crippen LogP contribution in [0, 0.1) is 5.95 Å². The van der Waals surface area contributed by atoms with Crippen molar-refractivity contribution in [2.45, 2.75) is 13.0 Å². The van der Waals surface area contributed by atoms with Gasteiger partial charge >= 0.3 is 0 Å². The minimum atomic E-state index is -2.87. The molecule has 0 aliphatic rings. The molecule has 0 aliphatic heterocycles. The van der Waals surface area contributed by atoms with E-state index in [4.69, 9.17) is 5.73 Å². The Bertz CT molecular complexity index is 355. The van der Waals surface area contributed by atoms with E-state index >= 15 is 0 Å². The van der Waals surface area contributed by atoms with Gasteiger partial charge in [-0.25, -0.2) is 13.8 Å². The van der Waals surface area contributed by atoms with Crippen molar-refractivity contribution in [1.82, 2.24) is 4.98 Å². The Kier molecular flexibility index (Phi) is 3.19. The zero-order valence-electron chi connectivity index (χ0n) is 7.01. The third kappa shape index (κ3) is 1.90. The molecule has 1 heterocycles. The van der Waals surface area contributed by atoms with Crippen molar-refractivity contribution in [3.05, 3.63) is 28.8 Å². The molecule has 0 aliphatic carbocycles. The van der Waals surface area contributed by atoms with Gasteiger partial charge in [0.15, 0.2) is 6.29 Å². The summed E-state index contributed by atoms with van der Waals surface area (Å²) in [5.74, 6) is -1.12. The van der Waals surface area contributed by atoms with Crippen LogP contribution in [0.25, 0.3) is 0 Å². The van der Waals surface area contributed by atoms with Crippen LogP contribution in [0.1, 0.15) is 28.0 Å². The maximum atomic E-state index is 13.0. The van der Waals surface area contributed by atoms with Crippen LogP contribution in [0.5, 0.6) is 0 Å². The van der Waals surface area contributed by atoms with Crippen molar-refractivity contribution in [2.75, 3.05) is 0 Å². The molecular formula is C8H7F3N2O. The number of pyridine rings is 1. The summed E-state index contributed by atoms with van der Waals surface area (Å²) in [5, 5.41) is 0. The molecule has 2 N–H and O–H groups in total. The summed E-state index contributed by atoms with van der Waals surface area (Å²) in [4.78, 5) is 13.4. The number of hydrogen-bond acceptors (Lipinski definition) is 3. The Labute approximate surface area is 77.7 Å². The second-order valence-electron chi connectivity index (χ2n) is 2.53. The fourth-order valence-electron chi connectivity index (χ4n) is 1.04. The normalized spacial score (nSPS) is 10.6. The van der Waals surface area contributed by atoms with Crippen molar-refractivity contribution < 1.29 is 18.0 Å². The number of aromatic nitrogens is 1. The van der Waals surface area contributed by atoms with Crippen LogP contribution in [-0.2, 0) is 6.54 Å². The molecule has 14 heavy (non-hydrogen) atoms. The molecule has 76 valence electrons. The Hall–Kier alpha value is -1.43. The molecule has 1 aromatic rings. The van der Waals surface area contributed by atoms with Gasteiger partial charge in [0.25, 0.3) is 6.43 Å². The molecule has 0 unspecified atom stereocenters. The zero-order valence-corrected chi connectivity index (χ0v) is 7.01. The predicted molar refractivity (Wildman–Crippen MR) is 42.4 cm³/mol. The van der Waals surface area contributed by atoms with Crippen molar-refractivity contribution in [1.29, 1.82) is 0 Å². The van der Waals surface area contributed by atoms with Gasteiger partial charge in [-0.05, 0) is 6.07 Å². The Morgan fingerprint density at radius 2 is 2.21 bits per heavy atom. The summed E-state index contributed by atoms with van der Waals surface area (Å²) in [7, 11) is 0. The van der Waals surface area contributed by atoms with Crippen molar-refractivity contribution >= 4 is 6.29 Å². The number of carbonyl (C=O) groups is 1. The maximum Gasteiger partial charge on any atom is 0.264 e. The second kappa shape index (κ2) is 4.19. The average Bonchev–Trinajstić information content (AvgIpc) is 2.16. The van der Waals surface area contributed by atoms with Crippen molar-refractivity contribution in [3.8, 4) is 0 Å². The van der Waals surface area contributed by atoms with Crippen LogP contribution in [0.15, 0.2) is 6.07 Å². The highest BCUT2D eigenvalue weighted by atomic mass is 19.3. The quantitative estimate of drug-likeness (QED) is 0.598. The van der Waals surface area contributed by atoms with Crippen LogP contribution >= 0.6 is 0 Å². The van der Waals surface area contributed by atoms with Crippen LogP contribution in [-0.4, -0.2) is 11.3 Å². The zero-order chi connectivity index (χ0) is 10.7. The van der Waals surface area contributed by atoms with Gasteiger partial charge in [-0.2, -0.15) is 4.39 Å². The highest BCUT2D eigenvalue weighted by Gasteiger charge is 2.18. The van der Waals surface area contributed by atoms with E-state index in [9.17, 15) is 18.0 Å². The van der Waals surface area contributed by atoms with E-state index < -0.39 is 17.9 Å². The first kappa shape index (κ1) is 10.6. The molecule has 1 aromatic heterocycles. The number of carbonyl (C=O) groups excluding carboxylic acids is 1. The second-order valence-corrected chi connectivity index (χ2v) is 2.53. The average molecular weight is 204 g/mol. The van der Waals surface area contributed by atoms with Gasteiger partial charge in [0.1, 0.15) is 5.69 Å². The lowest BCUT2D eigenvalue weighted by molar-refractivity contribution is 0.111. The summed E-state index contributed by atoms with van der Waals surface area (Å²) in [6, 6.07) is 0.836. The third-order valence-corrected chi connectivity index (χ3v) is 1.69. The Balaban J connectivity index is 3.35. The van der Waals surface area contributed by atoms with E-state index in [0.717, 1.165) is 6.07 Å².